The average molecular weight is 493 g/mol. The molecule has 1 saturated carbocycles. The minimum absolute atomic E-state index is 0.196. The topological polar surface area (TPSA) is 96.7 Å². The molecule has 8 heteroatoms. The lowest BCUT2D eigenvalue weighted by Gasteiger charge is -2.15. The summed E-state index contributed by atoms with van der Waals surface area (Å²) < 4.78 is 32.0. The maximum Gasteiger partial charge on any atom is 0.305 e. The number of aliphatic hydroxyl groups excluding tert-OH is 1. The van der Waals surface area contributed by atoms with Crippen LogP contribution >= 0.6 is 7.37 Å². The number of pyridine rings is 1. The number of carboxylic acid groups (broad SMARTS) is 1. The van der Waals surface area contributed by atoms with Crippen molar-refractivity contribution >= 4 is 13.3 Å². The molecule has 1 unspecified atom stereocenters. The minimum atomic E-state index is -3.66. The Morgan fingerprint density at radius 2 is 1.86 bits per heavy atom. The second kappa shape index (κ2) is 10.5. The van der Waals surface area contributed by atoms with E-state index in [0.717, 1.165) is 40.9 Å². The van der Waals surface area contributed by atoms with Crippen molar-refractivity contribution in [1.29, 1.82) is 0 Å². The summed E-state index contributed by atoms with van der Waals surface area (Å²) in [4.78, 5) is 15.8. The van der Waals surface area contributed by atoms with Gasteiger partial charge in [-0.2, -0.15) is 0 Å². The van der Waals surface area contributed by atoms with E-state index < -0.39 is 32.0 Å². The van der Waals surface area contributed by atoms with Crippen molar-refractivity contribution in [3.63, 3.8) is 0 Å². The zero-order valence-electron chi connectivity index (χ0n) is 19.1. The molecule has 0 radical (unpaired) electrons. The molecule has 1 aromatic heterocycles. The standard InChI is InChI=1S/C27H25FNO5P/c1-34-35(33,17-22(30)15-26(31)32)14-13-23-24(18-9-11-21(28)12-10-18)16-25(19-5-3-2-4-6-19)29-27(23)20-7-8-20/h2-6,9-12,16,20,22,30H,7-8,15,17H2,1H3,(H,31,32)/t22-,35?/m0/s1. The Balaban J connectivity index is 1.85. The van der Waals surface area contributed by atoms with Crippen molar-refractivity contribution < 1.29 is 28.5 Å². The Kier molecular flexibility index (Phi) is 7.47. The lowest BCUT2D eigenvalue weighted by molar-refractivity contribution is -0.138. The van der Waals surface area contributed by atoms with Crippen molar-refractivity contribution in [2.45, 2.75) is 31.3 Å². The first kappa shape index (κ1) is 24.8. The Morgan fingerprint density at radius 1 is 1.17 bits per heavy atom. The van der Waals surface area contributed by atoms with Gasteiger partial charge in [0.2, 0.25) is 0 Å². The van der Waals surface area contributed by atoms with Crippen LogP contribution in [0.1, 0.15) is 36.4 Å². The van der Waals surface area contributed by atoms with Gasteiger partial charge < -0.3 is 14.7 Å². The number of nitrogens with zero attached hydrogens (tertiary/aromatic N) is 1. The highest BCUT2D eigenvalue weighted by Crippen LogP contribution is 2.47. The van der Waals surface area contributed by atoms with Crippen LogP contribution in [0.5, 0.6) is 0 Å². The predicted molar refractivity (Wildman–Crippen MR) is 132 cm³/mol. The molecule has 1 aliphatic rings. The summed E-state index contributed by atoms with van der Waals surface area (Å²) in [6.45, 7) is 0. The van der Waals surface area contributed by atoms with E-state index in [0.29, 0.717) is 5.56 Å². The molecule has 2 N–H and O–H groups in total. The highest BCUT2D eigenvalue weighted by molar-refractivity contribution is 7.64. The van der Waals surface area contributed by atoms with E-state index in [9.17, 15) is 18.9 Å². The van der Waals surface area contributed by atoms with Crippen LogP contribution in [0.2, 0.25) is 0 Å². The molecule has 1 aliphatic carbocycles. The van der Waals surface area contributed by atoms with Gasteiger partial charge in [-0.1, -0.05) is 48.4 Å². The number of aliphatic hydroxyl groups is 1. The third-order valence-corrected chi connectivity index (χ3v) is 7.69. The van der Waals surface area contributed by atoms with Gasteiger partial charge in [-0.05, 0) is 42.3 Å². The third kappa shape index (κ3) is 6.23. The summed E-state index contributed by atoms with van der Waals surface area (Å²) in [6, 6.07) is 17.6. The van der Waals surface area contributed by atoms with Gasteiger partial charge in [0, 0.05) is 24.2 Å². The van der Waals surface area contributed by atoms with E-state index in [1.807, 2.05) is 36.4 Å². The van der Waals surface area contributed by atoms with E-state index in [1.54, 1.807) is 12.1 Å². The summed E-state index contributed by atoms with van der Waals surface area (Å²) in [5, 5.41) is 18.9. The first-order valence-electron chi connectivity index (χ1n) is 11.2. The van der Waals surface area contributed by atoms with Gasteiger partial charge in [0.05, 0.1) is 35.6 Å². The van der Waals surface area contributed by atoms with Gasteiger partial charge in [-0.25, -0.2) is 4.39 Å². The molecule has 0 aliphatic heterocycles. The maximum atomic E-state index is 13.7. The smallest absolute Gasteiger partial charge is 0.305 e. The Morgan fingerprint density at radius 3 is 2.46 bits per heavy atom. The van der Waals surface area contributed by atoms with Gasteiger partial charge in [-0.15, -0.1) is 0 Å². The number of aliphatic carboxylic acids is 1. The van der Waals surface area contributed by atoms with E-state index in [-0.39, 0.29) is 11.7 Å². The Bertz CT molecular complexity index is 1330. The van der Waals surface area contributed by atoms with Gasteiger partial charge in [-0.3, -0.25) is 14.3 Å². The van der Waals surface area contributed by atoms with Crippen molar-refractivity contribution in [1.82, 2.24) is 4.98 Å². The molecule has 6 nitrogen and oxygen atoms in total. The molecule has 1 heterocycles. The lowest BCUT2D eigenvalue weighted by Crippen LogP contribution is -2.17. The number of hydrogen-bond acceptors (Lipinski definition) is 5. The number of carboxylic acids is 1. The molecule has 0 saturated heterocycles. The van der Waals surface area contributed by atoms with Crippen LogP contribution in [0.15, 0.2) is 60.7 Å². The number of halogens is 1. The number of hydrogen-bond donors (Lipinski definition) is 2. The molecule has 0 bridgehead atoms. The summed E-state index contributed by atoms with van der Waals surface area (Å²) in [5.74, 6) is 1.62. The van der Waals surface area contributed by atoms with E-state index >= 15 is 0 Å². The van der Waals surface area contributed by atoms with Crippen LogP contribution < -0.4 is 0 Å². The minimum Gasteiger partial charge on any atom is -0.481 e. The van der Waals surface area contributed by atoms with Crippen molar-refractivity contribution in [3.05, 3.63) is 77.7 Å². The number of rotatable bonds is 8. The van der Waals surface area contributed by atoms with Gasteiger partial charge >= 0.3 is 5.97 Å². The summed E-state index contributed by atoms with van der Waals surface area (Å²) in [6.07, 6.45) is -0.422. The summed E-state index contributed by atoms with van der Waals surface area (Å²) in [7, 11) is -2.43. The molecular weight excluding hydrogens is 468 g/mol. The highest BCUT2D eigenvalue weighted by Gasteiger charge is 2.30. The molecule has 0 amide bonds. The molecule has 3 aromatic rings. The van der Waals surface area contributed by atoms with Crippen LogP contribution in [0, 0.1) is 17.4 Å². The predicted octanol–water partition coefficient (Wildman–Crippen LogP) is 5.50. The van der Waals surface area contributed by atoms with Crippen LogP contribution in [0.4, 0.5) is 4.39 Å². The first-order chi connectivity index (χ1) is 16.8. The van der Waals surface area contributed by atoms with Crippen LogP contribution in [0.3, 0.4) is 0 Å². The Hall–Kier alpha value is -3.30. The average Bonchev–Trinajstić information content (AvgIpc) is 3.68. The fourth-order valence-electron chi connectivity index (χ4n) is 3.81. The fourth-order valence-corrected chi connectivity index (χ4v) is 5.11. The number of aromatic nitrogens is 1. The third-order valence-electron chi connectivity index (χ3n) is 5.74. The molecule has 2 aromatic carbocycles. The lowest BCUT2D eigenvalue weighted by atomic mass is 9.95. The van der Waals surface area contributed by atoms with Crippen LogP contribution in [0.25, 0.3) is 22.4 Å². The van der Waals surface area contributed by atoms with Crippen LogP contribution in [-0.4, -0.2) is 40.5 Å². The van der Waals surface area contributed by atoms with E-state index in [1.165, 1.54) is 19.2 Å². The summed E-state index contributed by atoms with van der Waals surface area (Å²) in [5.41, 5.74) is 7.17. The van der Waals surface area contributed by atoms with Crippen molar-refractivity contribution in [2.75, 3.05) is 13.3 Å². The second-order valence-electron chi connectivity index (χ2n) is 8.49. The molecule has 1 fully saturated rings. The van der Waals surface area contributed by atoms with Crippen molar-refractivity contribution in [2.24, 2.45) is 0 Å². The summed E-state index contributed by atoms with van der Waals surface area (Å²) >= 11 is 0. The van der Waals surface area contributed by atoms with Crippen molar-refractivity contribution in [3.8, 4) is 34.0 Å². The fraction of sp³-hybridized carbons (Fsp3) is 0.259. The van der Waals surface area contributed by atoms with E-state index in [4.69, 9.17) is 14.6 Å². The number of carbonyl (C=O) groups is 1. The van der Waals surface area contributed by atoms with Crippen LogP contribution in [-0.2, 0) is 13.9 Å². The van der Waals surface area contributed by atoms with Gasteiger partial charge in [0.25, 0.3) is 7.37 Å². The maximum absolute atomic E-state index is 13.7. The molecule has 0 spiro atoms. The van der Waals surface area contributed by atoms with Gasteiger partial charge in [0.1, 0.15) is 5.82 Å². The highest BCUT2D eigenvalue weighted by atomic mass is 31.2. The molecular formula is C27H25FNO5P. The number of benzene rings is 2. The monoisotopic (exact) mass is 493 g/mol. The largest absolute Gasteiger partial charge is 0.481 e. The molecule has 4 rings (SSSR count). The van der Waals surface area contributed by atoms with E-state index in [2.05, 4.69) is 11.6 Å². The SMILES string of the molecule is COP(=O)(C#Cc1c(-c2ccc(F)cc2)cc(-c2ccccc2)nc1C1CC1)C[C@@H](O)CC(=O)O. The molecule has 35 heavy (non-hydrogen) atoms. The Labute approximate surface area is 203 Å². The molecule has 2 atom stereocenters. The normalized spacial score (nSPS) is 15.5. The zero-order valence-corrected chi connectivity index (χ0v) is 20.0. The quantitative estimate of drug-likeness (QED) is 0.318. The molecule has 180 valence electrons. The second-order valence-corrected chi connectivity index (χ2v) is 10.8. The van der Waals surface area contributed by atoms with Gasteiger partial charge in [0.15, 0.2) is 0 Å². The zero-order chi connectivity index (χ0) is 25.0. The first-order valence-corrected chi connectivity index (χ1v) is 13.0.